The standard InChI is InChI=1S/C45H57N3O7/c1-3-5-8-23-38(27-34-18-9-6-10-19-34)44(52)54-33-40(25-15-16-26-46-45(53)55-32-35-20-11-7-12-21-35)47-43(51)37(17-4-2)29-42(50)48-30-39-24-14-13-22-36(39)28-41(48)31-49/h3-4,6-7,9-14,18-22,24,37-38,40-41,49H,1-2,5,8,15-17,23,25-33H2,(H,46,53)(H,47,51)/t37-,38-,40+,41+/m1/s1. The normalized spacial score (nSPS) is 15.1. The van der Waals surface area contributed by atoms with Crippen LogP contribution < -0.4 is 10.6 Å². The molecular weight excluding hydrogens is 695 g/mol. The highest BCUT2D eigenvalue weighted by Gasteiger charge is 2.32. The molecule has 0 unspecified atom stereocenters. The highest BCUT2D eigenvalue weighted by Crippen LogP contribution is 2.26. The van der Waals surface area contributed by atoms with E-state index in [1.807, 2.05) is 91.0 Å². The number of carbonyl (C=O) groups is 4. The fraction of sp³-hybridized carbons (Fsp3) is 0.422. The third-order valence-corrected chi connectivity index (χ3v) is 9.98. The highest BCUT2D eigenvalue weighted by molar-refractivity contribution is 5.86. The van der Waals surface area contributed by atoms with Crippen molar-refractivity contribution in [3.63, 3.8) is 0 Å². The van der Waals surface area contributed by atoms with Crippen LogP contribution in [0.3, 0.4) is 0 Å². The smallest absolute Gasteiger partial charge is 0.407 e. The zero-order chi connectivity index (χ0) is 39.3. The molecule has 0 bridgehead atoms. The number of hydrogen-bond acceptors (Lipinski definition) is 7. The molecule has 1 aliphatic rings. The van der Waals surface area contributed by atoms with Crippen LogP contribution >= 0.6 is 0 Å². The van der Waals surface area contributed by atoms with Gasteiger partial charge in [-0.15, -0.1) is 13.2 Å². The van der Waals surface area contributed by atoms with Gasteiger partial charge in [-0.2, -0.15) is 0 Å². The third kappa shape index (κ3) is 14.5. The minimum atomic E-state index is -0.703. The van der Waals surface area contributed by atoms with Crippen molar-refractivity contribution < 1.29 is 33.8 Å². The van der Waals surface area contributed by atoms with Crippen LogP contribution in [-0.4, -0.2) is 65.7 Å². The Kier molecular flexibility index (Phi) is 18.2. The number of ether oxygens (including phenoxy) is 2. The van der Waals surface area contributed by atoms with E-state index in [2.05, 4.69) is 23.8 Å². The Labute approximate surface area is 326 Å². The third-order valence-electron chi connectivity index (χ3n) is 9.98. The molecule has 0 radical (unpaired) electrons. The van der Waals surface area contributed by atoms with E-state index in [9.17, 15) is 24.3 Å². The van der Waals surface area contributed by atoms with Crippen molar-refractivity contribution in [2.24, 2.45) is 11.8 Å². The summed E-state index contributed by atoms with van der Waals surface area (Å²) in [5, 5.41) is 16.0. The number of fused-ring (bicyclic) bond motifs is 1. The molecule has 10 heteroatoms. The van der Waals surface area contributed by atoms with Gasteiger partial charge in [-0.3, -0.25) is 14.4 Å². The lowest BCUT2D eigenvalue weighted by atomic mass is 9.92. The molecule has 0 saturated carbocycles. The summed E-state index contributed by atoms with van der Waals surface area (Å²) < 4.78 is 11.2. The van der Waals surface area contributed by atoms with E-state index >= 15 is 0 Å². The first-order chi connectivity index (χ1) is 26.8. The molecular formula is C45H57N3O7. The molecule has 3 N–H and O–H groups in total. The summed E-state index contributed by atoms with van der Waals surface area (Å²) in [6.45, 7) is 8.34. The number of aliphatic hydroxyl groups is 1. The van der Waals surface area contributed by atoms with Crippen molar-refractivity contribution in [2.75, 3.05) is 19.8 Å². The van der Waals surface area contributed by atoms with Crippen LogP contribution in [0.4, 0.5) is 4.79 Å². The fourth-order valence-corrected chi connectivity index (χ4v) is 6.86. The second-order valence-electron chi connectivity index (χ2n) is 14.2. The number of hydrogen-bond donors (Lipinski definition) is 3. The lowest BCUT2D eigenvalue weighted by molar-refractivity contribution is -0.150. The van der Waals surface area contributed by atoms with Crippen molar-refractivity contribution in [1.29, 1.82) is 0 Å². The summed E-state index contributed by atoms with van der Waals surface area (Å²) >= 11 is 0. The van der Waals surface area contributed by atoms with E-state index in [1.54, 1.807) is 11.0 Å². The summed E-state index contributed by atoms with van der Waals surface area (Å²) in [7, 11) is 0. The minimum absolute atomic E-state index is 0.0336. The van der Waals surface area contributed by atoms with E-state index in [1.165, 1.54) is 0 Å². The SMILES string of the molecule is C=CCCC[C@H](Cc1ccccc1)C(=O)OC[C@H](CCCCNC(=O)OCc1ccccc1)NC(=O)[C@H](CC=C)CC(=O)N1Cc2ccccc2C[C@H]1CO. The van der Waals surface area contributed by atoms with Crippen LogP contribution in [0, 0.1) is 11.8 Å². The topological polar surface area (TPSA) is 134 Å². The van der Waals surface area contributed by atoms with Gasteiger partial charge in [-0.1, -0.05) is 97.1 Å². The molecule has 0 aromatic heterocycles. The number of nitrogens with zero attached hydrogens (tertiary/aromatic N) is 1. The number of aliphatic hydroxyl groups excluding tert-OH is 1. The quantitative estimate of drug-likeness (QED) is 0.0548. The molecule has 10 nitrogen and oxygen atoms in total. The summed E-state index contributed by atoms with van der Waals surface area (Å²) in [6.07, 6.45) is 8.18. The second kappa shape index (κ2) is 23.5. The number of allylic oxidation sites excluding steroid dienone is 2. The first kappa shape index (κ1) is 42.5. The van der Waals surface area contributed by atoms with E-state index in [0.717, 1.165) is 35.1 Å². The average Bonchev–Trinajstić information content (AvgIpc) is 3.21. The molecule has 294 valence electrons. The van der Waals surface area contributed by atoms with Crippen LogP contribution in [-0.2, 0) is 49.9 Å². The van der Waals surface area contributed by atoms with Gasteiger partial charge in [0.05, 0.1) is 30.5 Å². The molecule has 4 rings (SSSR count). The summed E-state index contributed by atoms with van der Waals surface area (Å²) in [5.41, 5.74) is 4.07. The molecule has 1 aliphatic heterocycles. The Morgan fingerprint density at radius 1 is 0.818 bits per heavy atom. The Hall–Kier alpha value is -5.22. The number of nitrogens with one attached hydrogen (secondary N) is 2. The van der Waals surface area contributed by atoms with Crippen molar-refractivity contribution in [3.8, 4) is 0 Å². The number of unbranched alkanes of at least 4 members (excludes halogenated alkanes) is 2. The van der Waals surface area contributed by atoms with Gasteiger partial charge < -0.3 is 30.1 Å². The second-order valence-corrected chi connectivity index (χ2v) is 14.2. The van der Waals surface area contributed by atoms with Crippen molar-refractivity contribution >= 4 is 23.9 Å². The lowest BCUT2D eigenvalue weighted by Crippen LogP contribution is -2.48. The zero-order valence-corrected chi connectivity index (χ0v) is 31.9. The molecule has 3 aromatic carbocycles. The Morgan fingerprint density at radius 2 is 1.51 bits per heavy atom. The van der Waals surface area contributed by atoms with Gasteiger partial charge >= 0.3 is 12.1 Å². The Bertz CT molecular complexity index is 1670. The van der Waals surface area contributed by atoms with Gasteiger partial charge in [-0.25, -0.2) is 4.79 Å². The van der Waals surface area contributed by atoms with E-state index in [-0.39, 0.29) is 62.4 Å². The van der Waals surface area contributed by atoms with Gasteiger partial charge in [0.15, 0.2) is 0 Å². The van der Waals surface area contributed by atoms with Crippen LogP contribution in [0.25, 0.3) is 0 Å². The Balaban J connectivity index is 1.38. The number of esters is 1. The molecule has 0 aliphatic carbocycles. The fourth-order valence-electron chi connectivity index (χ4n) is 6.86. The predicted molar refractivity (Wildman–Crippen MR) is 214 cm³/mol. The summed E-state index contributed by atoms with van der Waals surface area (Å²) in [6, 6.07) is 26.2. The number of carbonyl (C=O) groups excluding carboxylic acids is 4. The van der Waals surface area contributed by atoms with Crippen molar-refractivity contribution in [1.82, 2.24) is 15.5 Å². The Morgan fingerprint density at radius 3 is 2.20 bits per heavy atom. The molecule has 55 heavy (non-hydrogen) atoms. The monoisotopic (exact) mass is 751 g/mol. The maximum absolute atomic E-state index is 13.9. The number of amides is 3. The molecule has 0 fully saturated rings. The van der Waals surface area contributed by atoms with Crippen LogP contribution in [0.5, 0.6) is 0 Å². The number of benzene rings is 3. The maximum Gasteiger partial charge on any atom is 0.407 e. The lowest BCUT2D eigenvalue weighted by Gasteiger charge is -2.36. The van der Waals surface area contributed by atoms with Crippen LogP contribution in [0.15, 0.2) is 110 Å². The molecule has 0 spiro atoms. The van der Waals surface area contributed by atoms with Gasteiger partial charge in [0.1, 0.15) is 13.2 Å². The van der Waals surface area contributed by atoms with Gasteiger partial charge in [0.2, 0.25) is 11.8 Å². The number of rotatable bonds is 23. The van der Waals surface area contributed by atoms with Gasteiger partial charge in [0, 0.05) is 19.5 Å². The number of alkyl carbamates (subject to hydrolysis) is 1. The largest absolute Gasteiger partial charge is 0.463 e. The van der Waals surface area contributed by atoms with Crippen molar-refractivity contribution in [2.45, 2.75) is 89.4 Å². The van der Waals surface area contributed by atoms with Crippen LogP contribution in [0.2, 0.25) is 0 Å². The van der Waals surface area contributed by atoms with E-state index in [0.29, 0.717) is 51.6 Å². The first-order valence-corrected chi connectivity index (χ1v) is 19.5. The zero-order valence-electron chi connectivity index (χ0n) is 31.9. The van der Waals surface area contributed by atoms with Gasteiger partial charge in [-0.05, 0) is 80.0 Å². The molecule has 4 atom stereocenters. The van der Waals surface area contributed by atoms with Crippen molar-refractivity contribution in [3.05, 3.63) is 132 Å². The van der Waals surface area contributed by atoms with E-state index < -0.39 is 18.1 Å². The predicted octanol–water partition coefficient (Wildman–Crippen LogP) is 6.85. The molecule has 3 amide bonds. The molecule has 0 saturated heterocycles. The van der Waals surface area contributed by atoms with Crippen LogP contribution in [0.1, 0.15) is 73.6 Å². The summed E-state index contributed by atoms with van der Waals surface area (Å²) in [4.78, 5) is 55.0. The molecule has 1 heterocycles. The minimum Gasteiger partial charge on any atom is -0.463 e. The summed E-state index contributed by atoms with van der Waals surface area (Å²) in [5.74, 6) is -1.93. The average molecular weight is 752 g/mol. The molecule has 3 aromatic rings. The van der Waals surface area contributed by atoms with Gasteiger partial charge in [0.25, 0.3) is 0 Å². The highest BCUT2D eigenvalue weighted by atomic mass is 16.5. The first-order valence-electron chi connectivity index (χ1n) is 19.5. The van der Waals surface area contributed by atoms with E-state index in [4.69, 9.17) is 9.47 Å². The maximum atomic E-state index is 13.9.